The van der Waals surface area contributed by atoms with E-state index in [1.807, 2.05) is 42.5 Å². The van der Waals surface area contributed by atoms with Gasteiger partial charge >= 0.3 is 0 Å². The van der Waals surface area contributed by atoms with Gasteiger partial charge in [-0.3, -0.25) is 14.4 Å². The maximum Gasteiger partial charge on any atom is 0.272 e. The maximum absolute atomic E-state index is 13.6. The van der Waals surface area contributed by atoms with Crippen LogP contribution in [0.2, 0.25) is 5.02 Å². The molecule has 240 valence electrons. The van der Waals surface area contributed by atoms with Gasteiger partial charge in [0, 0.05) is 32.9 Å². The lowest BCUT2D eigenvalue weighted by Gasteiger charge is -2.20. The molecule has 5 aromatic rings. The van der Waals surface area contributed by atoms with Crippen LogP contribution in [0.5, 0.6) is 11.5 Å². The van der Waals surface area contributed by atoms with Crippen LogP contribution in [0, 0.1) is 0 Å². The summed E-state index contributed by atoms with van der Waals surface area (Å²) in [6.07, 6.45) is 1.54. The third-order valence-electron chi connectivity index (χ3n) is 7.25. The van der Waals surface area contributed by atoms with Crippen LogP contribution in [0.15, 0.2) is 138 Å². The van der Waals surface area contributed by atoms with Crippen LogP contribution in [0.4, 0.5) is 11.4 Å². The summed E-state index contributed by atoms with van der Waals surface area (Å²) >= 11 is 7.73. The van der Waals surface area contributed by atoms with E-state index in [9.17, 15) is 14.4 Å². The Bertz CT molecular complexity index is 1950. The Kier molecular flexibility index (Phi) is 10.4. The van der Waals surface area contributed by atoms with Crippen molar-refractivity contribution in [3.63, 3.8) is 0 Å². The smallest absolute Gasteiger partial charge is 0.272 e. The average molecular weight is 676 g/mol. The molecule has 1 heterocycles. The highest BCUT2D eigenvalue weighted by Gasteiger charge is 2.23. The zero-order chi connectivity index (χ0) is 33.3. The Labute approximate surface area is 287 Å². The highest BCUT2D eigenvalue weighted by Crippen LogP contribution is 2.38. The van der Waals surface area contributed by atoms with Crippen molar-refractivity contribution in [2.75, 3.05) is 23.8 Å². The van der Waals surface area contributed by atoms with Crippen molar-refractivity contribution in [2.24, 2.45) is 0 Å². The van der Waals surface area contributed by atoms with Gasteiger partial charge in [-0.1, -0.05) is 78.3 Å². The summed E-state index contributed by atoms with van der Waals surface area (Å²) in [6.45, 7) is 0.934. The Morgan fingerprint density at radius 1 is 0.708 bits per heavy atom. The van der Waals surface area contributed by atoms with Gasteiger partial charge in [0.1, 0.15) is 24.2 Å². The average Bonchev–Trinajstić information content (AvgIpc) is 3.12. The molecule has 1 aliphatic heterocycles. The van der Waals surface area contributed by atoms with Gasteiger partial charge in [-0.25, -0.2) is 0 Å². The predicted molar refractivity (Wildman–Crippen MR) is 190 cm³/mol. The monoisotopic (exact) mass is 675 g/mol. The standard InChI is InChI=1S/C38H30ClN3O5S/c39-31-14-8-7-13-27(31)23-32(42-36(43)26-11-5-2-6-12-26)37(44)40-28-15-18-30(19-16-28)48-35(25-9-3-1-4-10-25)38(45)41-29-17-20-33-34(24-29)47-22-21-46-33/h1-20,23-24,35H,21-22H2,(H,40,44)(H,41,45)(H,42,43)/b32-23-. The Balaban J connectivity index is 1.18. The first-order chi connectivity index (χ1) is 23.4. The largest absolute Gasteiger partial charge is 0.486 e. The molecule has 0 aromatic heterocycles. The minimum Gasteiger partial charge on any atom is -0.486 e. The molecule has 1 aliphatic rings. The summed E-state index contributed by atoms with van der Waals surface area (Å²) in [5, 5.41) is 8.45. The number of ether oxygens (including phenoxy) is 2. The number of carbonyl (C=O) groups excluding carboxylic acids is 3. The van der Waals surface area contributed by atoms with Gasteiger partial charge in [-0.05, 0) is 71.8 Å². The van der Waals surface area contributed by atoms with Gasteiger partial charge in [-0.2, -0.15) is 0 Å². The van der Waals surface area contributed by atoms with Gasteiger partial charge in [0.2, 0.25) is 5.91 Å². The Morgan fingerprint density at radius 2 is 1.35 bits per heavy atom. The topological polar surface area (TPSA) is 106 Å². The van der Waals surface area contributed by atoms with Crippen LogP contribution >= 0.6 is 23.4 Å². The molecule has 0 spiro atoms. The molecular formula is C38H30ClN3O5S. The molecule has 1 atom stereocenters. The van der Waals surface area contributed by atoms with Gasteiger partial charge in [-0.15, -0.1) is 11.8 Å². The summed E-state index contributed by atoms with van der Waals surface area (Å²) in [5.74, 6) is 0.0668. The molecule has 0 radical (unpaired) electrons. The Morgan fingerprint density at radius 3 is 2.08 bits per heavy atom. The molecule has 0 saturated carbocycles. The van der Waals surface area contributed by atoms with Gasteiger partial charge in [0.25, 0.3) is 11.8 Å². The zero-order valence-corrected chi connectivity index (χ0v) is 27.1. The second-order valence-corrected chi connectivity index (χ2v) is 12.2. The van der Waals surface area contributed by atoms with Crippen molar-refractivity contribution in [3.05, 3.63) is 155 Å². The molecule has 5 aromatic carbocycles. The highest BCUT2D eigenvalue weighted by molar-refractivity contribution is 8.00. The number of rotatable bonds is 10. The highest BCUT2D eigenvalue weighted by atomic mass is 35.5. The van der Waals surface area contributed by atoms with E-state index in [0.717, 1.165) is 10.5 Å². The number of carbonyl (C=O) groups is 3. The third-order valence-corrected chi connectivity index (χ3v) is 8.86. The van der Waals surface area contributed by atoms with E-state index >= 15 is 0 Å². The molecule has 48 heavy (non-hydrogen) atoms. The lowest BCUT2D eigenvalue weighted by Crippen LogP contribution is -2.30. The molecule has 1 unspecified atom stereocenters. The second-order valence-electron chi connectivity index (χ2n) is 10.6. The minimum atomic E-state index is -0.571. The van der Waals surface area contributed by atoms with E-state index in [2.05, 4.69) is 16.0 Å². The number of nitrogens with one attached hydrogen (secondary N) is 3. The molecule has 6 rings (SSSR count). The van der Waals surface area contributed by atoms with E-state index in [1.54, 1.807) is 84.9 Å². The number of hydrogen-bond acceptors (Lipinski definition) is 6. The first-order valence-corrected chi connectivity index (χ1v) is 16.3. The van der Waals surface area contributed by atoms with E-state index in [-0.39, 0.29) is 11.6 Å². The number of amides is 3. The second kappa shape index (κ2) is 15.4. The van der Waals surface area contributed by atoms with E-state index in [0.29, 0.717) is 52.2 Å². The summed E-state index contributed by atoms with van der Waals surface area (Å²) < 4.78 is 11.3. The maximum atomic E-state index is 13.6. The van der Waals surface area contributed by atoms with Crippen LogP contribution < -0.4 is 25.4 Å². The number of fused-ring (bicyclic) bond motifs is 1. The first-order valence-electron chi connectivity index (χ1n) is 15.1. The molecule has 10 heteroatoms. The van der Waals surface area contributed by atoms with Gasteiger partial charge in [0.15, 0.2) is 11.5 Å². The van der Waals surface area contributed by atoms with Crippen LogP contribution in [0.25, 0.3) is 6.08 Å². The molecule has 0 fully saturated rings. The zero-order valence-electron chi connectivity index (χ0n) is 25.5. The molecular weight excluding hydrogens is 646 g/mol. The minimum absolute atomic E-state index is 0.0235. The van der Waals surface area contributed by atoms with Crippen LogP contribution in [0.3, 0.4) is 0 Å². The number of benzene rings is 5. The van der Waals surface area contributed by atoms with Crippen molar-refractivity contribution < 1.29 is 23.9 Å². The molecule has 0 bridgehead atoms. The fraction of sp³-hybridized carbons (Fsp3) is 0.0789. The number of halogens is 1. The summed E-state index contributed by atoms with van der Waals surface area (Å²) in [5.41, 5.74) is 2.94. The van der Waals surface area contributed by atoms with Crippen molar-refractivity contribution in [1.29, 1.82) is 0 Å². The molecule has 0 aliphatic carbocycles. The van der Waals surface area contributed by atoms with Crippen molar-refractivity contribution in [2.45, 2.75) is 10.1 Å². The van der Waals surface area contributed by atoms with Crippen LogP contribution in [0.1, 0.15) is 26.7 Å². The molecule has 0 saturated heterocycles. The molecule has 3 N–H and O–H groups in total. The summed E-state index contributed by atoms with van der Waals surface area (Å²) in [6, 6.07) is 37.6. The van der Waals surface area contributed by atoms with Crippen molar-refractivity contribution in [3.8, 4) is 11.5 Å². The normalized spacial score (nSPS) is 12.8. The number of hydrogen-bond donors (Lipinski definition) is 3. The molecule has 8 nitrogen and oxygen atoms in total. The van der Waals surface area contributed by atoms with Crippen molar-refractivity contribution >= 4 is 58.5 Å². The van der Waals surface area contributed by atoms with Gasteiger partial charge in [0.05, 0.1) is 0 Å². The lowest BCUT2D eigenvalue weighted by atomic mass is 10.1. The summed E-state index contributed by atoms with van der Waals surface area (Å²) in [4.78, 5) is 40.9. The number of anilines is 2. The van der Waals surface area contributed by atoms with E-state index in [4.69, 9.17) is 21.1 Å². The predicted octanol–water partition coefficient (Wildman–Crippen LogP) is 7.99. The Hall–Kier alpha value is -5.51. The SMILES string of the molecule is O=C(Nc1ccc(SC(C(=O)Nc2ccc3c(c2)OCCO3)c2ccccc2)cc1)/C(=C/c1ccccc1Cl)NC(=O)c1ccccc1. The quantitative estimate of drug-likeness (QED) is 0.102. The molecule has 3 amide bonds. The van der Waals surface area contributed by atoms with E-state index < -0.39 is 17.1 Å². The fourth-order valence-corrected chi connectivity index (χ4v) is 6.09. The van der Waals surface area contributed by atoms with Crippen LogP contribution in [-0.4, -0.2) is 30.9 Å². The van der Waals surface area contributed by atoms with Gasteiger partial charge < -0.3 is 25.4 Å². The summed E-state index contributed by atoms with van der Waals surface area (Å²) in [7, 11) is 0. The fourth-order valence-electron chi connectivity index (χ4n) is 4.87. The van der Waals surface area contributed by atoms with Crippen LogP contribution in [-0.2, 0) is 9.59 Å². The van der Waals surface area contributed by atoms with Crippen molar-refractivity contribution in [1.82, 2.24) is 5.32 Å². The lowest BCUT2D eigenvalue weighted by molar-refractivity contribution is -0.116. The third kappa shape index (κ3) is 8.25. The first kappa shape index (κ1) is 32.4. The number of thioether (sulfide) groups is 1. The van der Waals surface area contributed by atoms with E-state index in [1.165, 1.54) is 17.8 Å².